The third-order valence-electron chi connectivity index (χ3n) is 15.1. The van der Waals surface area contributed by atoms with Crippen molar-refractivity contribution in [2.75, 3.05) is 4.90 Å². The van der Waals surface area contributed by atoms with E-state index in [0.717, 1.165) is 11.8 Å². The fourth-order valence-corrected chi connectivity index (χ4v) is 13.0. The summed E-state index contributed by atoms with van der Waals surface area (Å²) in [6.07, 6.45) is 6.99. The highest BCUT2D eigenvalue weighted by Gasteiger charge is 2.61. The average Bonchev–Trinajstić information content (AvgIpc) is 3.66. The number of para-hydroxylation sites is 1. The van der Waals surface area contributed by atoms with Crippen molar-refractivity contribution < 1.29 is 0 Å². The van der Waals surface area contributed by atoms with Crippen molar-refractivity contribution in [2.24, 2.45) is 23.7 Å². The second-order valence-electron chi connectivity index (χ2n) is 18.1. The third-order valence-corrected chi connectivity index (χ3v) is 15.1. The molecule has 0 saturated heterocycles. The first-order valence-corrected chi connectivity index (χ1v) is 21.0. The molecule has 7 aromatic rings. The van der Waals surface area contributed by atoms with Crippen LogP contribution in [0.2, 0.25) is 0 Å². The highest BCUT2D eigenvalue weighted by molar-refractivity contribution is 5.97. The summed E-state index contributed by atoms with van der Waals surface area (Å²) in [5.74, 6) is 3.25. The Balaban J connectivity index is 1.11. The molecule has 4 fully saturated rings. The minimum Gasteiger partial charge on any atom is -0.310 e. The van der Waals surface area contributed by atoms with Gasteiger partial charge in [-0.05, 0) is 147 Å². The number of fused-ring (bicyclic) bond motifs is 6. The molecular weight excluding hydrogens is 675 g/mol. The first-order chi connectivity index (χ1) is 27.5. The molecule has 0 amide bonds. The second-order valence-corrected chi connectivity index (χ2v) is 18.1. The molecule has 6 aliphatic carbocycles. The first-order valence-electron chi connectivity index (χ1n) is 21.0. The van der Waals surface area contributed by atoms with Crippen molar-refractivity contribution in [3.05, 3.63) is 186 Å². The molecule has 13 rings (SSSR count). The summed E-state index contributed by atoms with van der Waals surface area (Å²) in [6, 6.07) is 62.3. The van der Waals surface area contributed by atoms with Crippen LogP contribution in [0.25, 0.3) is 44.5 Å². The van der Waals surface area contributed by atoms with Gasteiger partial charge in [0.2, 0.25) is 0 Å². The highest BCUT2D eigenvalue weighted by Crippen LogP contribution is 2.70. The van der Waals surface area contributed by atoms with Gasteiger partial charge >= 0.3 is 0 Å². The van der Waals surface area contributed by atoms with Crippen molar-refractivity contribution in [1.82, 2.24) is 0 Å². The van der Waals surface area contributed by atoms with Gasteiger partial charge in [-0.25, -0.2) is 0 Å². The van der Waals surface area contributed by atoms with Gasteiger partial charge in [0.05, 0.1) is 5.69 Å². The van der Waals surface area contributed by atoms with Crippen LogP contribution < -0.4 is 4.90 Å². The minimum atomic E-state index is -0.0974. The van der Waals surface area contributed by atoms with Gasteiger partial charge in [0.25, 0.3) is 0 Å². The van der Waals surface area contributed by atoms with E-state index in [4.69, 9.17) is 0 Å². The third kappa shape index (κ3) is 4.43. The standard InChI is InChI=1S/C55H47N/c1-54(2)48-21-11-9-19-45(48)46-26-24-42(34-51(46)54)56(52-23-12-10-18-43(52)37-14-5-3-6-15-37)41-25-27-49-47(33-41)53-44(38-16-7-4-8-17-38)20-13-22-50(53)55(49)39-29-35-28-36(31-39)32-40(55)30-35/h3-27,33-36,39-40H,28-32H2,1-2H3. The van der Waals surface area contributed by atoms with Crippen LogP contribution in [0.3, 0.4) is 0 Å². The number of hydrogen-bond donors (Lipinski definition) is 0. The molecule has 0 aliphatic heterocycles. The van der Waals surface area contributed by atoms with E-state index in [2.05, 4.69) is 183 Å². The fraction of sp³-hybridized carbons (Fsp3) is 0.236. The van der Waals surface area contributed by atoms with Crippen molar-refractivity contribution in [3.63, 3.8) is 0 Å². The van der Waals surface area contributed by atoms with E-state index in [9.17, 15) is 0 Å². The summed E-state index contributed by atoms with van der Waals surface area (Å²) >= 11 is 0. The topological polar surface area (TPSA) is 3.24 Å². The Hall–Kier alpha value is -5.66. The summed E-state index contributed by atoms with van der Waals surface area (Å²) in [4.78, 5) is 2.56. The summed E-state index contributed by atoms with van der Waals surface area (Å²) in [7, 11) is 0. The molecule has 4 bridgehead atoms. The molecule has 4 saturated carbocycles. The van der Waals surface area contributed by atoms with Crippen LogP contribution >= 0.6 is 0 Å². The molecule has 0 heterocycles. The van der Waals surface area contributed by atoms with E-state index < -0.39 is 0 Å². The van der Waals surface area contributed by atoms with Crippen molar-refractivity contribution >= 4 is 17.1 Å². The molecule has 0 radical (unpaired) electrons. The molecule has 6 aliphatic rings. The Labute approximate surface area is 331 Å². The van der Waals surface area contributed by atoms with Gasteiger partial charge in [0.15, 0.2) is 0 Å². The Morgan fingerprint density at radius 1 is 0.411 bits per heavy atom. The molecule has 0 atom stereocenters. The van der Waals surface area contributed by atoms with Crippen LogP contribution in [-0.2, 0) is 10.8 Å². The second kappa shape index (κ2) is 11.9. The Bertz CT molecular complexity index is 2660. The quantitative estimate of drug-likeness (QED) is 0.171. The van der Waals surface area contributed by atoms with Crippen LogP contribution in [0, 0.1) is 23.7 Å². The maximum Gasteiger partial charge on any atom is 0.0540 e. The maximum absolute atomic E-state index is 2.59. The van der Waals surface area contributed by atoms with Crippen molar-refractivity contribution in [3.8, 4) is 44.5 Å². The molecule has 1 spiro atoms. The van der Waals surface area contributed by atoms with E-state index >= 15 is 0 Å². The number of hydrogen-bond acceptors (Lipinski definition) is 1. The lowest BCUT2D eigenvalue weighted by Gasteiger charge is -2.61. The van der Waals surface area contributed by atoms with Gasteiger partial charge < -0.3 is 4.90 Å². The Morgan fingerprint density at radius 2 is 0.964 bits per heavy atom. The zero-order valence-electron chi connectivity index (χ0n) is 32.4. The lowest BCUT2D eigenvalue weighted by atomic mass is 9.43. The van der Waals surface area contributed by atoms with E-state index in [1.807, 2.05) is 0 Å². The van der Waals surface area contributed by atoms with Crippen LogP contribution in [0.5, 0.6) is 0 Å². The van der Waals surface area contributed by atoms with Crippen LogP contribution in [0.15, 0.2) is 164 Å². The van der Waals surface area contributed by atoms with Crippen LogP contribution in [0.1, 0.15) is 68.2 Å². The monoisotopic (exact) mass is 721 g/mol. The summed E-state index contributed by atoms with van der Waals surface area (Å²) < 4.78 is 0. The van der Waals surface area contributed by atoms with E-state index in [1.54, 1.807) is 11.1 Å². The molecule has 0 N–H and O–H groups in total. The smallest absolute Gasteiger partial charge is 0.0540 e. The molecule has 272 valence electrons. The first kappa shape index (κ1) is 32.6. The summed E-state index contributed by atoms with van der Waals surface area (Å²) in [5.41, 5.74) is 20.4. The lowest BCUT2D eigenvalue weighted by molar-refractivity contribution is -0.0399. The van der Waals surface area contributed by atoms with E-state index in [0.29, 0.717) is 11.8 Å². The zero-order valence-corrected chi connectivity index (χ0v) is 32.4. The average molecular weight is 722 g/mol. The van der Waals surface area contributed by atoms with Gasteiger partial charge in [0, 0.05) is 27.8 Å². The predicted octanol–water partition coefficient (Wildman–Crippen LogP) is 14.5. The molecule has 56 heavy (non-hydrogen) atoms. The molecule has 0 unspecified atom stereocenters. The lowest BCUT2D eigenvalue weighted by Crippen LogP contribution is -2.55. The molecule has 1 heteroatoms. The minimum absolute atomic E-state index is 0.0948. The van der Waals surface area contributed by atoms with Gasteiger partial charge in [0.1, 0.15) is 0 Å². The number of benzene rings is 7. The number of anilines is 3. The molecule has 0 aromatic heterocycles. The Kier molecular flexibility index (Phi) is 6.93. The summed E-state index contributed by atoms with van der Waals surface area (Å²) in [5, 5.41) is 0. The van der Waals surface area contributed by atoms with Crippen LogP contribution in [0.4, 0.5) is 17.1 Å². The fourth-order valence-electron chi connectivity index (χ4n) is 13.0. The van der Waals surface area contributed by atoms with E-state index in [1.165, 1.54) is 105 Å². The van der Waals surface area contributed by atoms with Crippen molar-refractivity contribution in [1.29, 1.82) is 0 Å². The van der Waals surface area contributed by atoms with E-state index in [-0.39, 0.29) is 10.8 Å². The normalized spacial score (nSPS) is 24.1. The molecule has 1 nitrogen and oxygen atoms in total. The van der Waals surface area contributed by atoms with Gasteiger partial charge in [-0.1, -0.05) is 147 Å². The zero-order chi connectivity index (χ0) is 37.2. The predicted molar refractivity (Wildman–Crippen MR) is 233 cm³/mol. The largest absolute Gasteiger partial charge is 0.310 e. The molecular formula is C55H47N. The summed E-state index contributed by atoms with van der Waals surface area (Å²) in [6.45, 7) is 4.79. The SMILES string of the molecule is CC1(C)c2ccccc2-c2ccc(N(c3ccc4c(c3)-c3c(-c5ccccc5)cccc3C43C4CC5CC(C4)CC3C5)c3ccccc3-c3ccccc3)cc21. The highest BCUT2D eigenvalue weighted by atomic mass is 15.1. The van der Waals surface area contributed by atoms with Gasteiger partial charge in [-0.15, -0.1) is 0 Å². The Morgan fingerprint density at radius 3 is 1.70 bits per heavy atom. The van der Waals surface area contributed by atoms with Gasteiger partial charge in [-0.3, -0.25) is 0 Å². The molecule has 7 aromatic carbocycles. The number of nitrogens with zero attached hydrogens (tertiary/aromatic N) is 1. The maximum atomic E-state index is 2.59. The van der Waals surface area contributed by atoms with Gasteiger partial charge in [-0.2, -0.15) is 0 Å². The number of rotatable bonds is 5. The van der Waals surface area contributed by atoms with Crippen LogP contribution in [-0.4, -0.2) is 0 Å². The van der Waals surface area contributed by atoms with Crippen molar-refractivity contribution in [2.45, 2.75) is 56.8 Å².